The van der Waals surface area contributed by atoms with Crippen molar-refractivity contribution in [1.29, 1.82) is 0 Å². The van der Waals surface area contributed by atoms with Crippen LogP contribution < -0.4 is 10.2 Å². The van der Waals surface area contributed by atoms with Crippen LogP contribution in [-0.4, -0.2) is 55.8 Å². The second kappa shape index (κ2) is 12.3. The van der Waals surface area contributed by atoms with Crippen molar-refractivity contribution in [2.24, 2.45) is 0 Å². The molecule has 0 bridgehead atoms. The molecule has 214 valence electrons. The van der Waals surface area contributed by atoms with E-state index in [0.29, 0.717) is 32.1 Å². The van der Waals surface area contributed by atoms with Gasteiger partial charge in [0, 0.05) is 38.0 Å². The van der Waals surface area contributed by atoms with Gasteiger partial charge in [-0.1, -0.05) is 31.2 Å². The third-order valence-electron chi connectivity index (χ3n) is 6.91. The number of halogens is 3. The molecule has 4 rings (SSSR count). The fourth-order valence-electron chi connectivity index (χ4n) is 4.61. The van der Waals surface area contributed by atoms with Crippen LogP contribution >= 0.6 is 0 Å². The largest absolute Gasteiger partial charge is 0.416 e. The summed E-state index contributed by atoms with van der Waals surface area (Å²) in [5.74, 6) is 0.00613. The van der Waals surface area contributed by atoms with Crippen molar-refractivity contribution in [2.75, 3.05) is 30.4 Å². The predicted molar refractivity (Wildman–Crippen MR) is 144 cm³/mol. The average molecular weight is 577 g/mol. The quantitative estimate of drug-likeness (QED) is 0.376. The highest BCUT2D eigenvalue weighted by atomic mass is 32.2. The normalized spacial score (nSPS) is 17.7. The van der Waals surface area contributed by atoms with Crippen LogP contribution in [0.4, 0.5) is 19.1 Å². The molecule has 1 aliphatic heterocycles. The van der Waals surface area contributed by atoms with Crippen molar-refractivity contribution in [3.63, 3.8) is 0 Å². The number of hydrogen-bond acceptors (Lipinski definition) is 7. The van der Waals surface area contributed by atoms with Gasteiger partial charge in [-0.15, -0.1) is 0 Å². The molecule has 0 aliphatic carbocycles. The Morgan fingerprint density at radius 3 is 2.27 bits per heavy atom. The lowest BCUT2D eigenvalue weighted by atomic mass is 9.95. The summed E-state index contributed by atoms with van der Waals surface area (Å²) in [6, 6.07) is 11.5. The Hall–Kier alpha value is -3.51. The van der Waals surface area contributed by atoms with Gasteiger partial charge in [0.25, 0.3) is 5.91 Å². The Kier molecular flexibility index (Phi) is 9.09. The number of sulfone groups is 1. The van der Waals surface area contributed by atoms with Crippen molar-refractivity contribution in [3.05, 3.63) is 83.2 Å². The van der Waals surface area contributed by atoms with E-state index in [1.165, 1.54) is 36.7 Å². The Balaban J connectivity index is 1.41. The summed E-state index contributed by atoms with van der Waals surface area (Å²) < 4.78 is 68.5. The number of amides is 1. The summed E-state index contributed by atoms with van der Waals surface area (Å²) in [4.78, 5) is 23.7. The second-order valence-electron chi connectivity index (χ2n) is 9.52. The first-order valence-electron chi connectivity index (χ1n) is 12.9. The van der Waals surface area contributed by atoms with Crippen LogP contribution in [0.2, 0.25) is 0 Å². The molecule has 1 unspecified atom stereocenters. The van der Waals surface area contributed by atoms with Crippen LogP contribution in [0.1, 0.15) is 53.2 Å². The summed E-state index contributed by atoms with van der Waals surface area (Å²) in [5, 5.41) is 2.77. The lowest BCUT2D eigenvalue weighted by molar-refractivity contribution is -0.137. The lowest BCUT2D eigenvalue weighted by Gasteiger charge is -2.24. The zero-order valence-corrected chi connectivity index (χ0v) is 23.0. The lowest BCUT2D eigenvalue weighted by Crippen LogP contribution is -2.34. The average Bonchev–Trinajstić information content (AvgIpc) is 3.39. The highest BCUT2D eigenvalue weighted by Crippen LogP contribution is 2.36. The monoisotopic (exact) mass is 576 g/mol. The van der Waals surface area contributed by atoms with Gasteiger partial charge in [0.05, 0.1) is 34.4 Å². The maximum Gasteiger partial charge on any atom is 0.416 e. The van der Waals surface area contributed by atoms with E-state index in [9.17, 15) is 26.4 Å². The molecule has 2 heterocycles. The number of aromatic nitrogens is 2. The number of nitrogens with zero attached hydrogens (tertiary/aromatic N) is 3. The number of carbonyl (C=O) groups is 1. The van der Waals surface area contributed by atoms with E-state index in [1.54, 1.807) is 19.1 Å². The Bertz CT molecular complexity index is 1400. The van der Waals surface area contributed by atoms with Crippen molar-refractivity contribution >= 4 is 21.7 Å². The van der Waals surface area contributed by atoms with Gasteiger partial charge < -0.3 is 15.0 Å². The molecule has 1 N–H and O–H groups in total. The van der Waals surface area contributed by atoms with Gasteiger partial charge in [0.1, 0.15) is 0 Å². The van der Waals surface area contributed by atoms with Gasteiger partial charge >= 0.3 is 6.18 Å². The Morgan fingerprint density at radius 2 is 1.70 bits per heavy atom. The molecule has 1 fully saturated rings. The van der Waals surface area contributed by atoms with Crippen molar-refractivity contribution in [3.8, 4) is 0 Å². The molecule has 1 aliphatic rings. The van der Waals surface area contributed by atoms with E-state index < -0.39 is 21.6 Å². The highest BCUT2D eigenvalue weighted by Gasteiger charge is 2.36. The van der Waals surface area contributed by atoms with E-state index >= 15 is 0 Å². The SMILES string of the molecule is CCOC[C@@H]1CC(c2ccc(C(F)(F)F)cc2)CN1c1ncc(C(=O)NCc2ccc(S(=O)(=O)CC)cc2)cn1. The third-order valence-corrected chi connectivity index (χ3v) is 8.66. The van der Waals surface area contributed by atoms with Gasteiger partial charge in [-0.05, 0) is 48.7 Å². The molecule has 8 nitrogen and oxygen atoms in total. The molecule has 0 spiro atoms. The number of alkyl halides is 3. The van der Waals surface area contributed by atoms with Crippen molar-refractivity contribution in [1.82, 2.24) is 15.3 Å². The molecule has 2 atom stereocenters. The topological polar surface area (TPSA) is 101 Å². The number of ether oxygens (including phenoxy) is 1. The van der Waals surface area contributed by atoms with E-state index in [0.717, 1.165) is 23.3 Å². The second-order valence-corrected chi connectivity index (χ2v) is 11.8. The van der Waals surface area contributed by atoms with Gasteiger partial charge in [-0.3, -0.25) is 4.79 Å². The first-order valence-corrected chi connectivity index (χ1v) is 14.6. The van der Waals surface area contributed by atoms with E-state index in [2.05, 4.69) is 15.3 Å². The summed E-state index contributed by atoms with van der Waals surface area (Å²) >= 11 is 0. The number of carbonyl (C=O) groups excluding carboxylic acids is 1. The number of nitrogens with one attached hydrogen (secondary N) is 1. The minimum absolute atomic E-state index is 0.0125. The maximum absolute atomic E-state index is 13.0. The van der Waals surface area contributed by atoms with Gasteiger partial charge in [0.2, 0.25) is 5.95 Å². The van der Waals surface area contributed by atoms with E-state index in [-0.39, 0.29) is 40.6 Å². The molecule has 3 aromatic rings. The van der Waals surface area contributed by atoms with E-state index in [1.807, 2.05) is 11.8 Å². The van der Waals surface area contributed by atoms with Gasteiger partial charge in [-0.25, -0.2) is 18.4 Å². The molecule has 40 heavy (non-hydrogen) atoms. The fraction of sp³-hybridized carbons (Fsp3) is 0.393. The van der Waals surface area contributed by atoms with Gasteiger partial charge in [-0.2, -0.15) is 13.2 Å². The number of benzene rings is 2. The predicted octanol–water partition coefficient (Wildman–Crippen LogP) is 4.62. The summed E-state index contributed by atoms with van der Waals surface area (Å²) in [6.07, 6.45) is -0.868. The van der Waals surface area contributed by atoms with Crippen molar-refractivity contribution in [2.45, 2.75) is 49.8 Å². The Morgan fingerprint density at radius 1 is 1.05 bits per heavy atom. The van der Waals surface area contributed by atoms with Crippen LogP contribution in [0.25, 0.3) is 0 Å². The van der Waals surface area contributed by atoms with Crippen LogP contribution in [-0.2, 0) is 27.3 Å². The van der Waals surface area contributed by atoms with Crippen LogP contribution in [0, 0.1) is 0 Å². The number of hydrogen-bond donors (Lipinski definition) is 1. The zero-order valence-electron chi connectivity index (χ0n) is 22.2. The summed E-state index contributed by atoms with van der Waals surface area (Å²) in [7, 11) is -3.29. The maximum atomic E-state index is 13.0. The van der Waals surface area contributed by atoms with Crippen LogP contribution in [0.15, 0.2) is 65.8 Å². The molecule has 1 amide bonds. The fourth-order valence-corrected chi connectivity index (χ4v) is 5.50. The molecule has 12 heteroatoms. The minimum atomic E-state index is -4.39. The summed E-state index contributed by atoms with van der Waals surface area (Å²) in [6.45, 7) is 5.10. The van der Waals surface area contributed by atoms with E-state index in [4.69, 9.17) is 4.74 Å². The smallest absolute Gasteiger partial charge is 0.380 e. The standard InChI is InChI=1S/C28H31F3N4O4S/c1-3-39-18-24-13-21(20-7-9-23(10-8-20)28(29,30)31)17-35(24)27-33-15-22(16-34-27)26(36)32-14-19-5-11-25(12-6-19)40(37,38)4-2/h5-12,15-16,21,24H,3-4,13-14,17-18H2,1-2H3,(H,32,36)/t21?,24-/m0/s1. The molecular weight excluding hydrogens is 545 g/mol. The molecular formula is C28H31F3N4O4S. The van der Waals surface area contributed by atoms with Crippen LogP contribution in [0.5, 0.6) is 0 Å². The molecule has 1 aromatic heterocycles. The first-order chi connectivity index (χ1) is 19.0. The van der Waals surface area contributed by atoms with Gasteiger partial charge in [0.15, 0.2) is 9.84 Å². The zero-order chi connectivity index (χ0) is 28.9. The number of rotatable bonds is 10. The highest BCUT2D eigenvalue weighted by molar-refractivity contribution is 7.91. The van der Waals surface area contributed by atoms with Crippen LogP contribution in [0.3, 0.4) is 0 Å². The third kappa shape index (κ3) is 6.97. The Labute approximate surface area is 231 Å². The molecule has 0 saturated carbocycles. The summed E-state index contributed by atoms with van der Waals surface area (Å²) in [5.41, 5.74) is 1.11. The number of anilines is 1. The minimum Gasteiger partial charge on any atom is -0.380 e. The first kappa shape index (κ1) is 29.5. The molecule has 1 saturated heterocycles. The molecule has 2 aromatic carbocycles. The molecule has 0 radical (unpaired) electrons. The van der Waals surface area contributed by atoms with Crippen molar-refractivity contribution < 1.29 is 31.1 Å².